The summed E-state index contributed by atoms with van der Waals surface area (Å²) in [5.74, 6) is 2.08. The molecule has 0 unspecified atom stereocenters. The van der Waals surface area contributed by atoms with Gasteiger partial charge in [0.25, 0.3) is 0 Å². The highest BCUT2D eigenvalue weighted by atomic mass is 35.5. The fourth-order valence-electron chi connectivity index (χ4n) is 2.70. The Labute approximate surface area is 126 Å². The highest BCUT2D eigenvalue weighted by molar-refractivity contribution is 6.32. The van der Waals surface area contributed by atoms with Gasteiger partial charge in [0.1, 0.15) is 28.4 Å². The molecule has 0 bridgehead atoms. The van der Waals surface area contributed by atoms with Gasteiger partial charge in [-0.15, -0.1) is 0 Å². The monoisotopic (exact) mass is 297 g/mol. The average Bonchev–Trinajstić information content (AvgIpc) is 2.84. The van der Waals surface area contributed by atoms with E-state index in [0.29, 0.717) is 10.8 Å². The Morgan fingerprint density at radius 2 is 1.57 bits per heavy atom. The van der Waals surface area contributed by atoms with Gasteiger partial charge in [0.2, 0.25) is 0 Å². The van der Waals surface area contributed by atoms with E-state index in [4.69, 9.17) is 22.1 Å². The number of ether oxygens (including phenoxy) is 1. The van der Waals surface area contributed by atoms with Crippen molar-refractivity contribution in [3.05, 3.63) is 70.9 Å². The second-order valence-electron chi connectivity index (χ2n) is 4.90. The van der Waals surface area contributed by atoms with E-state index in [1.807, 2.05) is 48.5 Å². The average molecular weight is 298 g/mol. The third kappa shape index (κ3) is 1.80. The number of hydrogen-bond donors (Lipinski definition) is 1. The Morgan fingerprint density at radius 3 is 2.10 bits per heavy atom. The summed E-state index contributed by atoms with van der Waals surface area (Å²) in [6, 6.07) is 15.6. The smallest absolute Gasteiger partial charge is 0.141 e. The van der Waals surface area contributed by atoms with Crippen LogP contribution in [0.3, 0.4) is 0 Å². The van der Waals surface area contributed by atoms with Crippen molar-refractivity contribution >= 4 is 17.4 Å². The fourth-order valence-corrected chi connectivity index (χ4v) is 2.83. The molecule has 0 amide bonds. The number of nitrogens with two attached hydrogens (primary N) is 1. The lowest BCUT2D eigenvalue weighted by atomic mass is 9.95. The highest BCUT2D eigenvalue weighted by Crippen LogP contribution is 2.45. The summed E-state index contributed by atoms with van der Waals surface area (Å²) in [5.41, 5.74) is 8.11. The number of fused-ring (bicyclic) bond motifs is 2. The molecule has 1 aromatic heterocycles. The van der Waals surface area contributed by atoms with Gasteiger partial charge in [0, 0.05) is 11.1 Å². The van der Waals surface area contributed by atoms with Gasteiger partial charge in [-0.3, -0.25) is 0 Å². The number of para-hydroxylation sites is 2. The number of hydrogen-bond acceptors (Lipinski definition) is 3. The van der Waals surface area contributed by atoms with E-state index in [-0.39, 0.29) is 6.04 Å². The summed E-state index contributed by atoms with van der Waals surface area (Å²) in [4.78, 5) is 0. The van der Waals surface area contributed by atoms with Crippen LogP contribution >= 0.6 is 11.6 Å². The lowest BCUT2D eigenvalue weighted by molar-refractivity contribution is 0.426. The van der Waals surface area contributed by atoms with Gasteiger partial charge >= 0.3 is 0 Å². The molecule has 0 fully saturated rings. The fraction of sp³-hybridized carbons (Fsp3) is 0.0625. The van der Waals surface area contributed by atoms with Crippen molar-refractivity contribution in [2.45, 2.75) is 6.04 Å². The summed E-state index contributed by atoms with van der Waals surface area (Å²) in [6.45, 7) is 0. The van der Waals surface area contributed by atoms with Crippen LogP contribution in [0.2, 0.25) is 5.02 Å². The van der Waals surface area contributed by atoms with Crippen molar-refractivity contribution in [1.29, 1.82) is 0 Å². The number of rotatable bonds is 1. The Morgan fingerprint density at radius 1 is 1.00 bits per heavy atom. The van der Waals surface area contributed by atoms with Gasteiger partial charge in [-0.1, -0.05) is 48.0 Å². The summed E-state index contributed by atoms with van der Waals surface area (Å²) in [5, 5.41) is 4.80. The molecule has 0 radical (unpaired) electrons. The molecule has 1 aliphatic heterocycles. The van der Waals surface area contributed by atoms with Crippen molar-refractivity contribution in [2.24, 2.45) is 0 Å². The zero-order valence-electron chi connectivity index (χ0n) is 11.0. The Bertz CT molecular complexity index is 782. The van der Waals surface area contributed by atoms with Crippen LogP contribution in [0.25, 0.3) is 0 Å². The maximum Gasteiger partial charge on any atom is 0.141 e. The summed E-state index contributed by atoms with van der Waals surface area (Å²) in [6.07, 6.45) is 1.57. The molecular formula is C16H12ClN3O. The Kier molecular flexibility index (Phi) is 2.65. The van der Waals surface area contributed by atoms with Gasteiger partial charge in [-0.25, -0.2) is 4.68 Å². The van der Waals surface area contributed by atoms with E-state index in [0.717, 1.165) is 22.6 Å². The molecule has 5 heteroatoms. The molecule has 0 saturated carbocycles. The maximum atomic E-state index is 6.08. The van der Waals surface area contributed by atoms with Crippen LogP contribution in [0, 0.1) is 0 Å². The van der Waals surface area contributed by atoms with Crippen molar-refractivity contribution in [3.8, 4) is 11.5 Å². The molecule has 3 aromatic rings. The number of aromatic nitrogens is 2. The van der Waals surface area contributed by atoms with Crippen LogP contribution in [0.4, 0.5) is 5.82 Å². The number of benzene rings is 2. The first-order chi connectivity index (χ1) is 10.3. The van der Waals surface area contributed by atoms with Gasteiger partial charge in [-0.2, -0.15) is 5.10 Å². The highest BCUT2D eigenvalue weighted by Gasteiger charge is 2.30. The lowest BCUT2D eigenvalue weighted by Crippen LogP contribution is -2.20. The predicted molar refractivity (Wildman–Crippen MR) is 81.8 cm³/mol. The molecule has 104 valence electrons. The Hall–Kier alpha value is -2.46. The van der Waals surface area contributed by atoms with E-state index < -0.39 is 0 Å². The zero-order chi connectivity index (χ0) is 14.4. The normalized spacial score (nSPS) is 13.4. The quantitative estimate of drug-likeness (QED) is 0.580. The number of nitrogens with zero attached hydrogens (tertiary/aromatic N) is 2. The summed E-state index contributed by atoms with van der Waals surface area (Å²) in [7, 11) is 0. The van der Waals surface area contributed by atoms with Crippen molar-refractivity contribution in [1.82, 2.24) is 9.78 Å². The number of anilines is 1. The predicted octanol–water partition coefficient (Wildman–Crippen LogP) is 3.86. The third-order valence-electron chi connectivity index (χ3n) is 3.68. The minimum Gasteiger partial charge on any atom is -0.457 e. The van der Waals surface area contributed by atoms with Crippen molar-refractivity contribution in [3.63, 3.8) is 0 Å². The first-order valence-corrected chi connectivity index (χ1v) is 6.97. The topological polar surface area (TPSA) is 53.1 Å². The van der Waals surface area contributed by atoms with Crippen molar-refractivity contribution < 1.29 is 4.74 Å². The molecule has 2 heterocycles. The number of halogens is 1. The van der Waals surface area contributed by atoms with Gasteiger partial charge in [0.05, 0.1) is 6.20 Å². The molecule has 0 saturated heterocycles. The summed E-state index contributed by atoms with van der Waals surface area (Å²) < 4.78 is 7.70. The Balaban J connectivity index is 2.00. The lowest BCUT2D eigenvalue weighted by Gasteiger charge is -2.28. The van der Waals surface area contributed by atoms with E-state index >= 15 is 0 Å². The molecule has 2 aromatic carbocycles. The molecule has 1 aliphatic rings. The molecule has 0 spiro atoms. The van der Waals surface area contributed by atoms with E-state index in [2.05, 4.69) is 5.10 Å². The maximum absolute atomic E-state index is 6.08. The standard InChI is InChI=1S/C16H12ClN3O/c17-12-9-19-20(16(12)18)15-10-5-1-3-7-13(10)21-14-8-4-2-6-11(14)15/h1-9,15H,18H2. The second kappa shape index (κ2) is 4.53. The first kappa shape index (κ1) is 12.3. The van der Waals surface area contributed by atoms with E-state index in [9.17, 15) is 0 Å². The van der Waals surface area contributed by atoms with Crippen LogP contribution < -0.4 is 10.5 Å². The molecule has 0 atom stereocenters. The minimum absolute atomic E-state index is 0.140. The molecule has 4 nitrogen and oxygen atoms in total. The van der Waals surface area contributed by atoms with Crippen LogP contribution in [0.15, 0.2) is 54.7 Å². The molecule has 0 aliphatic carbocycles. The van der Waals surface area contributed by atoms with E-state index in [1.165, 1.54) is 0 Å². The van der Waals surface area contributed by atoms with Crippen molar-refractivity contribution in [2.75, 3.05) is 5.73 Å². The number of nitrogen functional groups attached to an aromatic ring is 1. The largest absolute Gasteiger partial charge is 0.457 e. The molecule has 21 heavy (non-hydrogen) atoms. The first-order valence-electron chi connectivity index (χ1n) is 6.60. The SMILES string of the molecule is Nc1c(Cl)cnn1C1c2ccccc2Oc2ccccc21. The second-order valence-corrected chi connectivity index (χ2v) is 5.31. The third-order valence-corrected chi connectivity index (χ3v) is 3.97. The molecular weight excluding hydrogens is 286 g/mol. The van der Waals surface area contributed by atoms with Gasteiger partial charge in [-0.05, 0) is 12.1 Å². The van der Waals surface area contributed by atoms with Crippen LogP contribution in [-0.4, -0.2) is 9.78 Å². The minimum atomic E-state index is -0.140. The zero-order valence-corrected chi connectivity index (χ0v) is 11.8. The van der Waals surface area contributed by atoms with Crippen LogP contribution in [0.5, 0.6) is 11.5 Å². The van der Waals surface area contributed by atoms with Gasteiger partial charge in [0.15, 0.2) is 0 Å². The van der Waals surface area contributed by atoms with Gasteiger partial charge < -0.3 is 10.5 Å². The van der Waals surface area contributed by atoms with E-state index in [1.54, 1.807) is 10.9 Å². The molecule has 2 N–H and O–H groups in total. The van der Waals surface area contributed by atoms with Crippen LogP contribution in [0.1, 0.15) is 17.2 Å². The molecule has 4 rings (SSSR count). The summed E-state index contributed by atoms with van der Waals surface area (Å²) >= 11 is 6.06. The van der Waals surface area contributed by atoms with Crippen LogP contribution in [-0.2, 0) is 0 Å².